The molecule has 0 radical (unpaired) electrons. The number of fused-ring (bicyclic) bond motifs is 2. The minimum atomic E-state index is -0.905. The zero-order chi connectivity index (χ0) is 20.7. The molecule has 5 rings (SSSR count). The number of carboxylic acid groups (broad SMARTS) is 1. The lowest BCUT2D eigenvalue weighted by Gasteiger charge is -2.42. The van der Waals surface area contributed by atoms with E-state index in [1.165, 1.54) is 44.9 Å². The standard InChI is InChI=1S/C27H28O3/c28-26-13-12-21(16-25(26)24-7-3-5-17-4-1-2-6-23(17)24)19-8-9-20-15-22(27(29)30)11-10-18(20)14-19/h8-17,23-24,28H,1-7H2,(H,29,30)/t17-,23?,24-/m1/s1. The van der Waals surface area contributed by atoms with Crippen molar-refractivity contribution in [1.29, 1.82) is 0 Å². The summed E-state index contributed by atoms with van der Waals surface area (Å²) in [5, 5.41) is 21.9. The van der Waals surface area contributed by atoms with Crippen molar-refractivity contribution in [2.45, 2.75) is 50.9 Å². The topological polar surface area (TPSA) is 57.5 Å². The van der Waals surface area contributed by atoms with Crippen LogP contribution in [0, 0.1) is 11.8 Å². The summed E-state index contributed by atoms with van der Waals surface area (Å²) in [6.45, 7) is 0. The average molecular weight is 401 g/mol. The molecule has 2 N–H and O–H groups in total. The highest BCUT2D eigenvalue weighted by Gasteiger charge is 2.36. The lowest BCUT2D eigenvalue weighted by atomic mass is 9.63. The molecule has 0 aliphatic heterocycles. The Labute approximate surface area is 177 Å². The van der Waals surface area contributed by atoms with Crippen LogP contribution in [0.15, 0.2) is 54.6 Å². The summed E-state index contributed by atoms with van der Waals surface area (Å²) in [4.78, 5) is 11.2. The molecule has 3 nitrogen and oxygen atoms in total. The predicted molar refractivity (Wildman–Crippen MR) is 120 cm³/mol. The van der Waals surface area contributed by atoms with Crippen molar-refractivity contribution in [2.24, 2.45) is 11.8 Å². The molecule has 3 heteroatoms. The Morgan fingerprint density at radius 1 is 0.767 bits per heavy atom. The third-order valence-corrected chi connectivity index (χ3v) is 7.42. The monoisotopic (exact) mass is 400 g/mol. The average Bonchev–Trinajstić information content (AvgIpc) is 2.78. The number of aromatic carboxylic acids is 1. The van der Waals surface area contributed by atoms with Gasteiger partial charge in [-0.15, -0.1) is 0 Å². The largest absolute Gasteiger partial charge is 0.508 e. The SMILES string of the molecule is O=C(O)c1ccc2cc(-c3ccc(O)c([C@@H]4CCC[C@H]5CCCCC54)c3)ccc2c1. The molecule has 3 atom stereocenters. The van der Waals surface area contributed by atoms with Crippen molar-refractivity contribution in [3.8, 4) is 16.9 Å². The molecule has 0 heterocycles. The maximum absolute atomic E-state index is 11.2. The van der Waals surface area contributed by atoms with Crippen molar-refractivity contribution in [3.05, 3.63) is 65.7 Å². The van der Waals surface area contributed by atoms with Gasteiger partial charge in [-0.05, 0) is 88.4 Å². The molecule has 2 aliphatic rings. The lowest BCUT2D eigenvalue weighted by molar-refractivity contribution is 0.0697. The highest BCUT2D eigenvalue weighted by Crippen LogP contribution is 2.50. The number of phenols is 1. The van der Waals surface area contributed by atoms with Crippen LogP contribution in [0.25, 0.3) is 21.9 Å². The van der Waals surface area contributed by atoms with Gasteiger partial charge in [-0.3, -0.25) is 0 Å². The first kappa shape index (κ1) is 19.2. The van der Waals surface area contributed by atoms with Gasteiger partial charge in [-0.2, -0.15) is 0 Å². The van der Waals surface area contributed by atoms with Gasteiger partial charge in [0, 0.05) is 0 Å². The highest BCUT2D eigenvalue weighted by molar-refractivity contribution is 5.95. The molecule has 2 fully saturated rings. The Morgan fingerprint density at radius 2 is 1.47 bits per heavy atom. The fourth-order valence-electron chi connectivity index (χ4n) is 5.91. The molecule has 0 spiro atoms. The fraction of sp³-hybridized carbons (Fsp3) is 0.370. The number of carbonyl (C=O) groups is 1. The van der Waals surface area contributed by atoms with Crippen LogP contribution in [0.3, 0.4) is 0 Å². The van der Waals surface area contributed by atoms with Crippen molar-refractivity contribution >= 4 is 16.7 Å². The third kappa shape index (κ3) is 3.47. The molecule has 2 saturated carbocycles. The van der Waals surface area contributed by atoms with Crippen LogP contribution in [0.4, 0.5) is 0 Å². The predicted octanol–water partition coefficient (Wildman–Crippen LogP) is 6.98. The smallest absolute Gasteiger partial charge is 0.335 e. The maximum Gasteiger partial charge on any atom is 0.335 e. The minimum absolute atomic E-state index is 0.307. The van der Waals surface area contributed by atoms with Gasteiger partial charge in [0.15, 0.2) is 0 Å². The Balaban J connectivity index is 1.51. The summed E-state index contributed by atoms with van der Waals surface area (Å²) >= 11 is 0. The van der Waals surface area contributed by atoms with Crippen molar-refractivity contribution in [2.75, 3.05) is 0 Å². The van der Waals surface area contributed by atoms with Gasteiger partial charge in [0.1, 0.15) is 5.75 Å². The number of phenolic OH excluding ortho intramolecular Hbond substituents is 1. The summed E-state index contributed by atoms with van der Waals surface area (Å²) in [5.74, 6) is 1.52. The second kappa shape index (κ2) is 7.79. The number of benzene rings is 3. The summed E-state index contributed by atoms with van der Waals surface area (Å²) in [5.41, 5.74) is 3.64. The van der Waals surface area contributed by atoms with Gasteiger partial charge >= 0.3 is 5.97 Å². The molecule has 0 amide bonds. The first-order valence-corrected chi connectivity index (χ1v) is 11.2. The van der Waals surface area contributed by atoms with Gasteiger partial charge in [0.2, 0.25) is 0 Å². The van der Waals surface area contributed by atoms with Gasteiger partial charge in [-0.1, -0.05) is 56.4 Å². The van der Waals surface area contributed by atoms with Crippen molar-refractivity contribution < 1.29 is 15.0 Å². The van der Waals surface area contributed by atoms with Crippen LogP contribution in [0.1, 0.15) is 66.8 Å². The van der Waals surface area contributed by atoms with E-state index in [0.29, 0.717) is 23.1 Å². The lowest BCUT2D eigenvalue weighted by Crippen LogP contribution is -2.29. The van der Waals surface area contributed by atoms with Gasteiger partial charge < -0.3 is 10.2 Å². The summed E-state index contributed by atoms with van der Waals surface area (Å²) in [6.07, 6.45) is 9.11. The van der Waals surface area contributed by atoms with E-state index in [2.05, 4.69) is 18.2 Å². The van der Waals surface area contributed by atoms with Gasteiger partial charge in [0.25, 0.3) is 0 Å². The summed E-state index contributed by atoms with van der Waals surface area (Å²) in [7, 11) is 0. The molecule has 0 bridgehead atoms. The zero-order valence-electron chi connectivity index (χ0n) is 17.2. The zero-order valence-corrected chi connectivity index (χ0v) is 17.2. The highest BCUT2D eigenvalue weighted by atomic mass is 16.4. The van der Waals surface area contributed by atoms with E-state index in [1.54, 1.807) is 12.1 Å². The fourth-order valence-corrected chi connectivity index (χ4v) is 5.91. The van der Waals surface area contributed by atoms with E-state index in [4.69, 9.17) is 0 Å². The van der Waals surface area contributed by atoms with Crippen LogP contribution in [-0.4, -0.2) is 16.2 Å². The molecular weight excluding hydrogens is 372 g/mol. The van der Waals surface area contributed by atoms with Crippen LogP contribution < -0.4 is 0 Å². The van der Waals surface area contributed by atoms with Crippen LogP contribution >= 0.6 is 0 Å². The molecule has 154 valence electrons. The molecule has 3 aromatic carbocycles. The number of hydrogen-bond acceptors (Lipinski definition) is 2. The number of rotatable bonds is 3. The Kier molecular flexibility index (Phi) is 4.98. The molecule has 30 heavy (non-hydrogen) atoms. The first-order chi connectivity index (χ1) is 14.6. The van der Waals surface area contributed by atoms with E-state index < -0.39 is 5.97 Å². The number of hydrogen-bond donors (Lipinski definition) is 2. The summed E-state index contributed by atoms with van der Waals surface area (Å²) < 4.78 is 0. The molecule has 1 unspecified atom stereocenters. The quantitative estimate of drug-likeness (QED) is 0.498. The Hall–Kier alpha value is -2.81. The normalized spacial score (nSPS) is 23.8. The van der Waals surface area contributed by atoms with E-state index in [9.17, 15) is 15.0 Å². The van der Waals surface area contributed by atoms with E-state index in [-0.39, 0.29) is 0 Å². The van der Waals surface area contributed by atoms with Crippen LogP contribution in [-0.2, 0) is 0 Å². The number of carboxylic acids is 1. The maximum atomic E-state index is 11.2. The second-order valence-corrected chi connectivity index (χ2v) is 9.10. The van der Waals surface area contributed by atoms with Gasteiger partial charge in [0.05, 0.1) is 5.56 Å². The van der Waals surface area contributed by atoms with Crippen molar-refractivity contribution in [1.82, 2.24) is 0 Å². The van der Waals surface area contributed by atoms with Crippen LogP contribution in [0.5, 0.6) is 5.75 Å². The second-order valence-electron chi connectivity index (χ2n) is 9.10. The van der Waals surface area contributed by atoms with E-state index in [1.807, 2.05) is 24.3 Å². The Morgan fingerprint density at radius 3 is 2.33 bits per heavy atom. The molecule has 0 aromatic heterocycles. The third-order valence-electron chi connectivity index (χ3n) is 7.42. The molecule has 2 aliphatic carbocycles. The minimum Gasteiger partial charge on any atom is -0.508 e. The van der Waals surface area contributed by atoms with Crippen LogP contribution in [0.2, 0.25) is 0 Å². The van der Waals surface area contributed by atoms with Crippen molar-refractivity contribution in [3.63, 3.8) is 0 Å². The molecule has 0 saturated heterocycles. The van der Waals surface area contributed by atoms with E-state index in [0.717, 1.165) is 33.4 Å². The first-order valence-electron chi connectivity index (χ1n) is 11.2. The Bertz CT molecular complexity index is 1100. The van der Waals surface area contributed by atoms with Gasteiger partial charge in [-0.25, -0.2) is 4.79 Å². The summed E-state index contributed by atoms with van der Waals surface area (Å²) in [6, 6.07) is 17.4. The molecule has 3 aromatic rings. The molecular formula is C27H28O3. The number of aromatic hydroxyl groups is 1. The van der Waals surface area contributed by atoms with E-state index >= 15 is 0 Å².